The third-order valence-electron chi connectivity index (χ3n) is 2.91. The number of nitrogens with two attached hydrogens (primary N) is 1. The van der Waals surface area contributed by atoms with Crippen LogP contribution in [0.2, 0.25) is 5.02 Å². The van der Waals surface area contributed by atoms with Gasteiger partial charge in [0.15, 0.2) is 0 Å². The summed E-state index contributed by atoms with van der Waals surface area (Å²) in [6, 6.07) is 12.7. The molecule has 0 unspecified atom stereocenters. The number of carbonyl (C=O) groups excluding carboxylic acids is 1. The summed E-state index contributed by atoms with van der Waals surface area (Å²) >= 11 is 9.30. The first kappa shape index (κ1) is 14.9. The topological polar surface area (TPSA) is 46.3 Å². The third-order valence-corrected chi connectivity index (χ3v) is 4.03. The van der Waals surface area contributed by atoms with Gasteiger partial charge in [-0.15, -0.1) is 0 Å². The highest BCUT2D eigenvalue weighted by molar-refractivity contribution is 9.10. The number of nitrogen functional groups attached to an aromatic ring is 1. The molecule has 1 amide bonds. The van der Waals surface area contributed by atoms with E-state index in [0.717, 1.165) is 5.56 Å². The molecule has 20 heavy (non-hydrogen) atoms. The van der Waals surface area contributed by atoms with E-state index in [4.69, 9.17) is 17.3 Å². The molecule has 2 rings (SSSR count). The summed E-state index contributed by atoms with van der Waals surface area (Å²) in [5.74, 6) is -0.0934. The number of hydrogen-bond acceptors (Lipinski definition) is 2. The molecule has 3 nitrogen and oxygen atoms in total. The second-order valence-corrected chi connectivity index (χ2v) is 5.73. The van der Waals surface area contributed by atoms with Gasteiger partial charge in [-0.1, -0.05) is 29.8 Å². The van der Waals surface area contributed by atoms with Crippen LogP contribution in [0.3, 0.4) is 0 Å². The SMILES string of the molecule is CN(Cc1cccc(Cl)c1)C(=O)c1cccc(N)c1Br. The van der Waals surface area contributed by atoms with Gasteiger partial charge >= 0.3 is 0 Å². The lowest BCUT2D eigenvalue weighted by Crippen LogP contribution is -2.26. The van der Waals surface area contributed by atoms with Crippen LogP contribution in [0.15, 0.2) is 46.9 Å². The molecule has 0 spiro atoms. The van der Waals surface area contributed by atoms with Gasteiger partial charge < -0.3 is 10.6 Å². The number of carbonyl (C=O) groups is 1. The maximum atomic E-state index is 12.4. The summed E-state index contributed by atoms with van der Waals surface area (Å²) in [5, 5.41) is 0.661. The lowest BCUT2D eigenvalue weighted by atomic mass is 10.1. The van der Waals surface area contributed by atoms with Crippen molar-refractivity contribution < 1.29 is 4.79 Å². The van der Waals surface area contributed by atoms with Crippen LogP contribution < -0.4 is 5.73 Å². The van der Waals surface area contributed by atoms with E-state index in [1.54, 1.807) is 36.2 Å². The number of benzene rings is 2. The maximum Gasteiger partial charge on any atom is 0.255 e. The molecule has 0 aliphatic rings. The van der Waals surface area contributed by atoms with Crippen molar-refractivity contribution in [3.05, 3.63) is 63.1 Å². The van der Waals surface area contributed by atoms with E-state index in [2.05, 4.69) is 15.9 Å². The molecule has 2 N–H and O–H groups in total. The first-order valence-electron chi connectivity index (χ1n) is 6.03. The lowest BCUT2D eigenvalue weighted by Gasteiger charge is -2.18. The Kier molecular flexibility index (Phi) is 4.68. The van der Waals surface area contributed by atoms with Crippen molar-refractivity contribution in [2.75, 3.05) is 12.8 Å². The summed E-state index contributed by atoms with van der Waals surface area (Å²) in [5.41, 5.74) is 7.87. The minimum absolute atomic E-state index is 0.0934. The molecule has 0 atom stereocenters. The molecule has 0 bridgehead atoms. The van der Waals surface area contributed by atoms with E-state index in [1.807, 2.05) is 18.2 Å². The van der Waals surface area contributed by atoms with Crippen LogP contribution in [-0.4, -0.2) is 17.9 Å². The van der Waals surface area contributed by atoms with E-state index in [9.17, 15) is 4.79 Å². The van der Waals surface area contributed by atoms with Gasteiger partial charge in [-0.3, -0.25) is 4.79 Å². The first-order chi connectivity index (χ1) is 9.49. The van der Waals surface area contributed by atoms with Gasteiger partial charge in [0.1, 0.15) is 0 Å². The van der Waals surface area contributed by atoms with Crippen molar-refractivity contribution in [1.29, 1.82) is 0 Å². The Morgan fingerprint density at radius 1 is 1.30 bits per heavy atom. The predicted octanol–water partition coefficient (Wildman–Crippen LogP) is 3.96. The first-order valence-corrected chi connectivity index (χ1v) is 7.20. The van der Waals surface area contributed by atoms with E-state index >= 15 is 0 Å². The van der Waals surface area contributed by atoms with E-state index in [0.29, 0.717) is 27.3 Å². The monoisotopic (exact) mass is 352 g/mol. The Balaban J connectivity index is 2.19. The fraction of sp³-hybridized carbons (Fsp3) is 0.133. The zero-order valence-corrected chi connectivity index (χ0v) is 13.3. The van der Waals surface area contributed by atoms with Gasteiger partial charge in [-0.25, -0.2) is 0 Å². The zero-order chi connectivity index (χ0) is 14.7. The fourth-order valence-electron chi connectivity index (χ4n) is 1.90. The average molecular weight is 354 g/mol. The Labute approximate surface area is 131 Å². The fourth-order valence-corrected chi connectivity index (χ4v) is 2.55. The zero-order valence-electron chi connectivity index (χ0n) is 10.9. The van der Waals surface area contributed by atoms with Crippen LogP contribution in [0.4, 0.5) is 5.69 Å². The smallest absolute Gasteiger partial charge is 0.255 e. The van der Waals surface area contributed by atoms with Crippen LogP contribution in [0.1, 0.15) is 15.9 Å². The molecule has 0 fully saturated rings. The van der Waals surface area contributed by atoms with E-state index in [-0.39, 0.29) is 5.91 Å². The number of rotatable bonds is 3. The molecular weight excluding hydrogens is 340 g/mol. The molecule has 0 saturated heterocycles. The van der Waals surface area contributed by atoms with Gasteiger partial charge in [-0.05, 0) is 45.8 Å². The van der Waals surface area contributed by atoms with Gasteiger partial charge in [0.05, 0.1) is 10.0 Å². The maximum absolute atomic E-state index is 12.4. The Morgan fingerprint density at radius 3 is 2.70 bits per heavy atom. The highest BCUT2D eigenvalue weighted by Crippen LogP contribution is 2.25. The standard InChI is InChI=1S/C15H14BrClN2O/c1-19(9-10-4-2-5-11(17)8-10)15(20)12-6-3-7-13(18)14(12)16/h2-8H,9,18H2,1H3. The molecule has 0 radical (unpaired) electrons. The van der Waals surface area contributed by atoms with Crippen molar-refractivity contribution in [3.63, 3.8) is 0 Å². The Hall–Kier alpha value is -1.52. The van der Waals surface area contributed by atoms with Crippen molar-refractivity contribution in [2.45, 2.75) is 6.54 Å². The summed E-state index contributed by atoms with van der Waals surface area (Å²) in [7, 11) is 1.75. The molecule has 0 heterocycles. The molecule has 5 heteroatoms. The highest BCUT2D eigenvalue weighted by Gasteiger charge is 2.16. The number of amides is 1. The summed E-state index contributed by atoms with van der Waals surface area (Å²) in [6.45, 7) is 0.487. The third kappa shape index (κ3) is 3.32. The normalized spacial score (nSPS) is 10.3. The van der Waals surface area contributed by atoms with Crippen molar-refractivity contribution in [2.24, 2.45) is 0 Å². The molecule has 104 valence electrons. The summed E-state index contributed by atoms with van der Waals surface area (Å²) in [6.07, 6.45) is 0. The molecule has 0 aliphatic carbocycles. The highest BCUT2D eigenvalue weighted by atomic mass is 79.9. The van der Waals surface area contributed by atoms with Gasteiger partial charge in [0.2, 0.25) is 0 Å². The summed E-state index contributed by atoms with van der Waals surface area (Å²) < 4.78 is 0.628. The van der Waals surface area contributed by atoms with Gasteiger partial charge in [0.25, 0.3) is 5.91 Å². The molecular formula is C15H14BrClN2O. The van der Waals surface area contributed by atoms with Crippen molar-refractivity contribution in [1.82, 2.24) is 4.90 Å². The van der Waals surface area contributed by atoms with Gasteiger partial charge in [0, 0.05) is 24.3 Å². The molecule has 2 aromatic rings. The molecule has 0 saturated carbocycles. The quantitative estimate of drug-likeness (QED) is 0.849. The largest absolute Gasteiger partial charge is 0.398 e. The van der Waals surface area contributed by atoms with Crippen LogP contribution in [0, 0.1) is 0 Å². The molecule has 2 aromatic carbocycles. The van der Waals surface area contributed by atoms with Gasteiger partial charge in [-0.2, -0.15) is 0 Å². The van der Waals surface area contributed by atoms with Crippen molar-refractivity contribution >= 4 is 39.1 Å². The lowest BCUT2D eigenvalue weighted by molar-refractivity contribution is 0.0784. The van der Waals surface area contributed by atoms with E-state index < -0.39 is 0 Å². The number of anilines is 1. The predicted molar refractivity (Wildman–Crippen MR) is 85.8 cm³/mol. The minimum Gasteiger partial charge on any atom is -0.398 e. The Morgan fingerprint density at radius 2 is 2.00 bits per heavy atom. The summed E-state index contributed by atoms with van der Waals surface area (Å²) in [4.78, 5) is 14.0. The number of halogens is 2. The van der Waals surface area contributed by atoms with Crippen LogP contribution in [-0.2, 0) is 6.54 Å². The van der Waals surface area contributed by atoms with Crippen LogP contribution in [0.25, 0.3) is 0 Å². The number of nitrogens with zero attached hydrogens (tertiary/aromatic N) is 1. The van der Waals surface area contributed by atoms with E-state index in [1.165, 1.54) is 0 Å². The number of hydrogen-bond donors (Lipinski definition) is 1. The second kappa shape index (κ2) is 6.29. The van der Waals surface area contributed by atoms with Crippen LogP contribution in [0.5, 0.6) is 0 Å². The Bertz CT molecular complexity index is 646. The van der Waals surface area contributed by atoms with Crippen molar-refractivity contribution in [3.8, 4) is 0 Å². The second-order valence-electron chi connectivity index (χ2n) is 4.50. The molecule has 0 aliphatic heterocycles. The minimum atomic E-state index is -0.0934. The van der Waals surface area contributed by atoms with Crippen LogP contribution >= 0.6 is 27.5 Å². The average Bonchev–Trinajstić information content (AvgIpc) is 2.41. The molecule has 0 aromatic heterocycles.